The van der Waals surface area contributed by atoms with Crippen LogP contribution in [0.1, 0.15) is 0 Å². The molecule has 0 radical (unpaired) electrons. The molecule has 0 spiro atoms. The molecule has 10 heteroatoms. The highest BCUT2D eigenvalue weighted by molar-refractivity contribution is 6.23. The Labute approximate surface area is 431 Å². The van der Waals surface area contributed by atoms with Gasteiger partial charge in [0.05, 0.1) is 40.5 Å². The Balaban J connectivity index is 1.02. The van der Waals surface area contributed by atoms with Gasteiger partial charge in [0.2, 0.25) is 0 Å². The Morgan fingerprint density at radius 3 is 1.49 bits per heavy atom. The van der Waals surface area contributed by atoms with E-state index < -0.39 is 0 Å². The van der Waals surface area contributed by atoms with E-state index in [1.165, 1.54) is 0 Å². The van der Waals surface area contributed by atoms with Gasteiger partial charge in [-0.25, -0.2) is 24.9 Å². The molecule has 0 amide bonds. The van der Waals surface area contributed by atoms with Crippen LogP contribution in [-0.2, 0) is 0 Å². The number of nitrogens with zero attached hydrogens (tertiary/aromatic N) is 10. The molecule has 6 heterocycles. The van der Waals surface area contributed by atoms with E-state index in [-0.39, 0.29) is 0 Å². The number of aromatic nitrogens is 8. The predicted octanol–water partition coefficient (Wildman–Crippen LogP) is 15.9. The van der Waals surface area contributed by atoms with Crippen LogP contribution >= 0.6 is 0 Å². The molecule has 352 valence electrons. The van der Waals surface area contributed by atoms with Crippen LogP contribution in [-0.4, -0.2) is 39.5 Å². The molecule has 10 nitrogen and oxygen atoms in total. The van der Waals surface area contributed by atoms with E-state index in [4.69, 9.17) is 24.9 Å². The zero-order chi connectivity index (χ0) is 49.7. The summed E-state index contributed by atoms with van der Waals surface area (Å²) >= 11 is 0. The normalized spacial score (nSPS) is 11.5. The van der Waals surface area contributed by atoms with E-state index in [2.05, 4.69) is 194 Å². The molecular formula is C65H42N10. The van der Waals surface area contributed by atoms with Crippen LogP contribution in [0.2, 0.25) is 0 Å². The Morgan fingerprint density at radius 2 is 0.893 bits per heavy atom. The van der Waals surface area contributed by atoms with E-state index >= 15 is 0 Å². The fourth-order valence-corrected chi connectivity index (χ4v) is 10.4. The zero-order valence-electron chi connectivity index (χ0n) is 40.2. The summed E-state index contributed by atoms with van der Waals surface area (Å²) in [6, 6.07) is 75.7. The second-order valence-corrected chi connectivity index (χ2v) is 18.3. The van der Waals surface area contributed by atoms with Gasteiger partial charge >= 0.3 is 0 Å². The standard InChI is InChI=1S/C65H42N10/c1-3-16-45-36-48(28-26-43(45)14-1)64-70-63(71-65(72-64)49-29-27-44-15-2-4-17-46(44)37-49)47-18-11-19-50(38-47)75-58-31-30-51(73(52-20-12-32-66-41-52)60-24-7-9-34-68-60)39-56(58)57-40-59(54-22-5-6-23-55(54)62(57)75)74(53-21-13-33-67-42-53)61-25-8-10-35-69-61/h1-42H. The number of pyridine rings is 4. The van der Waals surface area contributed by atoms with E-state index in [9.17, 15) is 0 Å². The molecule has 0 atom stereocenters. The van der Waals surface area contributed by atoms with Crippen molar-refractivity contribution in [1.82, 2.24) is 39.5 Å². The second kappa shape index (κ2) is 18.3. The topological polar surface area (TPSA) is 102 Å². The fraction of sp³-hybridized carbons (Fsp3) is 0. The van der Waals surface area contributed by atoms with Crippen LogP contribution in [0.5, 0.6) is 0 Å². The van der Waals surface area contributed by atoms with E-state index in [1.54, 1.807) is 12.4 Å². The van der Waals surface area contributed by atoms with Gasteiger partial charge in [-0.05, 0) is 119 Å². The minimum atomic E-state index is 0.568. The summed E-state index contributed by atoms with van der Waals surface area (Å²) in [5.41, 5.74) is 9.34. The lowest BCUT2D eigenvalue weighted by Crippen LogP contribution is -2.12. The molecule has 0 N–H and O–H groups in total. The Kier molecular flexibility index (Phi) is 10.6. The molecule has 0 aliphatic heterocycles. The molecule has 8 aromatic carbocycles. The third-order valence-electron chi connectivity index (χ3n) is 13.8. The van der Waals surface area contributed by atoms with Crippen molar-refractivity contribution in [3.63, 3.8) is 0 Å². The maximum absolute atomic E-state index is 5.28. The van der Waals surface area contributed by atoms with Crippen molar-refractivity contribution in [3.8, 4) is 39.9 Å². The van der Waals surface area contributed by atoms with Gasteiger partial charge < -0.3 is 4.57 Å². The summed E-state index contributed by atoms with van der Waals surface area (Å²) in [5.74, 6) is 3.30. The first-order valence-electron chi connectivity index (χ1n) is 24.8. The SMILES string of the molecule is c1ccc(N(c2cccnc2)c2ccc3c(c2)c2cc(N(c4cccnc4)c4ccccn4)c4ccccc4c2n3-c2cccc(-c3nc(-c4ccc5ccccc5c4)nc(-c4ccc5ccccc5c4)n3)c2)nc1. The average Bonchev–Trinajstić information content (AvgIpc) is 3.82. The van der Waals surface area contributed by atoms with Gasteiger partial charge in [-0.15, -0.1) is 0 Å². The minimum absolute atomic E-state index is 0.568. The first-order chi connectivity index (χ1) is 37.2. The third-order valence-corrected chi connectivity index (χ3v) is 13.8. The predicted molar refractivity (Wildman–Crippen MR) is 304 cm³/mol. The Morgan fingerprint density at radius 1 is 0.333 bits per heavy atom. The molecule has 0 saturated carbocycles. The van der Waals surface area contributed by atoms with Crippen LogP contribution in [0.25, 0.3) is 94.0 Å². The van der Waals surface area contributed by atoms with Gasteiger partial charge in [-0.2, -0.15) is 0 Å². The van der Waals surface area contributed by atoms with Crippen molar-refractivity contribution >= 4 is 88.5 Å². The number of fused-ring (bicyclic) bond motifs is 7. The van der Waals surface area contributed by atoms with Gasteiger partial charge in [0.25, 0.3) is 0 Å². The van der Waals surface area contributed by atoms with Crippen LogP contribution in [0, 0.1) is 0 Å². The number of benzene rings is 8. The average molecular weight is 963 g/mol. The van der Waals surface area contributed by atoms with Crippen molar-refractivity contribution in [2.24, 2.45) is 0 Å². The summed E-state index contributed by atoms with van der Waals surface area (Å²) in [6.07, 6.45) is 11.0. The van der Waals surface area contributed by atoms with Gasteiger partial charge in [0.1, 0.15) is 11.6 Å². The van der Waals surface area contributed by atoms with Gasteiger partial charge in [-0.1, -0.05) is 121 Å². The summed E-state index contributed by atoms with van der Waals surface area (Å²) in [5, 5.41) is 8.71. The monoisotopic (exact) mass is 962 g/mol. The quantitative estimate of drug-likeness (QED) is 0.133. The van der Waals surface area contributed by atoms with Gasteiger partial charge in [0.15, 0.2) is 17.5 Å². The summed E-state index contributed by atoms with van der Waals surface area (Å²) in [6.45, 7) is 0. The molecule has 14 aromatic rings. The van der Waals surface area contributed by atoms with E-state index in [0.717, 1.165) is 111 Å². The molecule has 0 bridgehead atoms. The highest BCUT2D eigenvalue weighted by Crippen LogP contribution is 2.46. The summed E-state index contributed by atoms with van der Waals surface area (Å²) < 4.78 is 2.38. The van der Waals surface area contributed by atoms with Crippen molar-refractivity contribution in [2.45, 2.75) is 0 Å². The van der Waals surface area contributed by atoms with Crippen LogP contribution < -0.4 is 9.80 Å². The number of anilines is 6. The highest BCUT2D eigenvalue weighted by atomic mass is 15.2. The lowest BCUT2D eigenvalue weighted by molar-refractivity contribution is 1.07. The molecule has 75 heavy (non-hydrogen) atoms. The first kappa shape index (κ1) is 43.3. The number of rotatable bonds is 10. The lowest BCUT2D eigenvalue weighted by Gasteiger charge is -2.26. The van der Waals surface area contributed by atoms with Crippen LogP contribution in [0.4, 0.5) is 34.4 Å². The fourth-order valence-electron chi connectivity index (χ4n) is 10.4. The number of hydrogen-bond donors (Lipinski definition) is 0. The molecule has 0 fully saturated rings. The summed E-state index contributed by atoms with van der Waals surface area (Å²) in [4.78, 5) is 38.9. The van der Waals surface area contributed by atoms with Gasteiger partial charge in [0, 0.05) is 74.4 Å². The molecule has 0 unspecified atom stereocenters. The van der Waals surface area contributed by atoms with Crippen molar-refractivity contribution in [2.75, 3.05) is 9.80 Å². The third kappa shape index (κ3) is 7.81. The van der Waals surface area contributed by atoms with Crippen molar-refractivity contribution < 1.29 is 0 Å². The highest BCUT2D eigenvalue weighted by Gasteiger charge is 2.25. The maximum atomic E-state index is 5.28. The Hall–Kier alpha value is -10.5. The van der Waals surface area contributed by atoms with Crippen molar-refractivity contribution in [1.29, 1.82) is 0 Å². The molecule has 0 saturated heterocycles. The van der Waals surface area contributed by atoms with Crippen molar-refractivity contribution in [3.05, 3.63) is 256 Å². The summed E-state index contributed by atoms with van der Waals surface area (Å²) in [7, 11) is 0. The lowest BCUT2D eigenvalue weighted by atomic mass is 10.0. The Bertz CT molecular complexity index is 4260. The molecule has 0 aliphatic rings. The zero-order valence-corrected chi connectivity index (χ0v) is 40.2. The smallest absolute Gasteiger partial charge is 0.164 e. The number of hydrogen-bond acceptors (Lipinski definition) is 9. The first-order valence-corrected chi connectivity index (χ1v) is 24.8. The molecule has 14 rings (SSSR count). The van der Waals surface area contributed by atoms with E-state index in [0.29, 0.717) is 17.5 Å². The second-order valence-electron chi connectivity index (χ2n) is 18.3. The largest absolute Gasteiger partial charge is 0.309 e. The molecular weight excluding hydrogens is 921 g/mol. The molecule has 6 aromatic heterocycles. The van der Waals surface area contributed by atoms with E-state index in [1.807, 2.05) is 73.3 Å². The maximum Gasteiger partial charge on any atom is 0.164 e. The van der Waals surface area contributed by atoms with Crippen LogP contribution in [0.15, 0.2) is 256 Å². The van der Waals surface area contributed by atoms with Crippen LogP contribution in [0.3, 0.4) is 0 Å². The minimum Gasteiger partial charge on any atom is -0.309 e. The molecule has 0 aliphatic carbocycles. The van der Waals surface area contributed by atoms with Gasteiger partial charge in [-0.3, -0.25) is 19.8 Å².